The number of carbonyl (C=O) groups is 1. The Labute approximate surface area is 96.8 Å². The highest BCUT2D eigenvalue weighted by Crippen LogP contribution is 2.18. The predicted molar refractivity (Wildman–Crippen MR) is 60.5 cm³/mol. The third kappa shape index (κ3) is 2.38. The van der Waals surface area contributed by atoms with Gasteiger partial charge in [0.15, 0.2) is 0 Å². The number of aryl methyl sites for hydroxylation is 1. The number of rotatable bonds is 2. The van der Waals surface area contributed by atoms with E-state index in [1.807, 2.05) is 19.1 Å². The van der Waals surface area contributed by atoms with Gasteiger partial charge < -0.3 is 5.32 Å². The molecule has 0 fully saturated rings. The minimum atomic E-state index is -0.372. The lowest BCUT2D eigenvalue weighted by Gasteiger charge is -2.04. The molecule has 0 bridgehead atoms. The molecule has 16 heavy (non-hydrogen) atoms. The number of aromatic nitrogens is 3. The van der Waals surface area contributed by atoms with Gasteiger partial charge in [-0.3, -0.25) is 9.89 Å². The quantitative estimate of drug-likeness (QED) is 0.838. The monoisotopic (exact) mass is 236 g/mol. The van der Waals surface area contributed by atoms with Crippen LogP contribution in [0.2, 0.25) is 5.02 Å². The number of H-pyrrole nitrogens is 1. The summed E-state index contributed by atoms with van der Waals surface area (Å²) in [5, 5.41) is 9.38. The molecule has 2 aromatic rings. The summed E-state index contributed by atoms with van der Waals surface area (Å²) in [6, 6.07) is 5.29. The Morgan fingerprint density at radius 2 is 2.25 bits per heavy atom. The molecule has 1 aromatic heterocycles. The van der Waals surface area contributed by atoms with Crippen molar-refractivity contribution in [2.24, 2.45) is 0 Å². The molecule has 6 heteroatoms. The van der Waals surface area contributed by atoms with E-state index in [9.17, 15) is 4.79 Å². The fourth-order valence-electron chi connectivity index (χ4n) is 1.31. The summed E-state index contributed by atoms with van der Waals surface area (Å²) in [6.45, 7) is 1.90. The Balaban J connectivity index is 2.18. The second-order valence-corrected chi connectivity index (χ2v) is 3.73. The van der Waals surface area contributed by atoms with Crippen LogP contribution in [-0.2, 0) is 0 Å². The summed E-state index contributed by atoms with van der Waals surface area (Å²) in [5.74, 6) is -0.277. The van der Waals surface area contributed by atoms with Gasteiger partial charge in [0, 0.05) is 10.7 Å². The molecule has 2 N–H and O–H groups in total. The van der Waals surface area contributed by atoms with E-state index in [-0.39, 0.29) is 11.7 Å². The van der Waals surface area contributed by atoms with Crippen LogP contribution < -0.4 is 5.32 Å². The molecule has 82 valence electrons. The number of benzene rings is 1. The molecule has 1 heterocycles. The molecule has 0 radical (unpaired) electrons. The highest BCUT2D eigenvalue weighted by atomic mass is 35.5. The smallest absolute Gasteiger partial charge is 0.295 e. The lowest BCUT2D eigenvalue weighted by molar-refractivity contribution is 0.101. The van der Waals surface area contributed by atoms with Crippen LogP contribution in [0, 0.1) is 6.92 Å². The van der Waals surface area contributed by atoms with Gasteiger partial charge in [0.1, 0.15) is 6.33 Å². The lowest BCUT2D eigenvalue weighted by atomic mass is 10.2. The molecule has 0 spiro atoms. The summed E-state index contributed by atoms with van der Waals surface area (Å²) < 4.78 is 0. The molecule has 1 amide bonds. The standard InChI is InChI=1S/C10H9ClN4O/c1-6-2-7(11)4-8(3-6)14-10(16)9-12-5-13-15-9/h2-5H,1H3,(H,14,16)(H,12,13,15). The maximum absolute atomic E-state index is 11.6. The number of aromatic amines is 1. The van der Waals surface area contributed by atoms with E-state index in [0.29, 0.717) is 10.7 Å². The molecule has 0 aliphatic heterocycles. The first-order valence-corrected chi connectivity index (χ1v) is 4.97. The van der Waals surface area contributed by atoms with Crippen LogP contribution in [0.1, 0.15) is 16.2 Å². The van der Waals surface area contributed by atoms with Crippen molar-refractivity contribution < 1.29 is 4.79 Å². The lowest BCUT2D eigenvalue weighted by Crippen LogP contribution is -2.13. The Hall–Kier alpha value is -1.88. The average molecular weight is 237 g/mol. The van der Waals surface area contributed by atoms with Crippen molar-refractivity contribution in [2.75, 3.05) is 5.32 Å². The molecule has 0 saturated heterocycles. The number of hydrogen-bond donors (Lipinski definition) is 2. The van der Waals surface area contributed by atoms with Crippen LogP contribution in [0.4, 0.5) is 5.69 Å². The van der Waals surface area contributed by atoms with Crippen molar-refractivity contribution in [1.29, 1.82) is 0 Å². The Kier molecular flexibility index (Phi) is 2.87. The topological polar surface area (TPSA) is 70.7 Å². The minimum Gasteiger partial charge on any atom is -0.319 e. The average Bonchev–Trinajstić information content (AvgIpc) is 2.68. The number of nitrogens with zero attached hydrogens (tertiary/aromatic N) is 2. The molecule has 5 nitrogen and oxygen atoms in total. The summed E-state index contributed by atoms with van der Waals surface area (Å²) in [7, 11) is 0. The summed E-state index contributed by atoms with van der Waals surface area (Å²) in [4.78, 5) is 15.3. The van der Waals surface area contributed by atoms with Crippen LogP contribution in [0.15, 0.2) is 24.5 Å². The van der Waals surface area contributed by atoms with Gasteiger partial charge in [-0.15, -0.1) is 5.10 Å². The minimum absolute atomic E-state index is 0.0950. The number of hydrogen-bond acceptors (Lipinski definition) is 3. The Bertz CT molecular complexity index is 489. The zero-order valence-electron chi connectivity index (χ0n) is 8.49. The van der Waals surface area contributed by atoms with Crippen LogP contribution in [0.5, 0.6) is 0 Å². The Morgan fingerprint density at radius 1 is 1.44 bits per heavy atom. The van der Waals surface area contributed by atoms with E-state index in [2.05, 4.69) is 20.5 Å². The van der Waals surface area contributed by atoms with E-state index in [1.54, 1.807) is 6.07 Å². The SMILES string of the molecule is Cc1cc(Cl)cc(NC(=O)c2nc[nH]n2)c1. The Morgan fingerprint density at radius 3 is 2.88 bits per heavy atom. The fraction of sp³-hybridized carbons (Fsp3) is 0.100. The zero-order chi connectivity index (χ0) is 11.5. The van der Waals surface area contributed by atoms with E-state index in [1.165, 1.54) is 6.33 Å². The molecule has 0 aliphatic rings. The largest absolute Gasteiger partial charge is 0.319 e. The van der Waals surface area contributed by atoms with Gasteiger partial charge in [0.2, 0.25) is 5.82 Å². The van der Waals surface area contributed by atoms with Gasteiger partial charge in [0.25, 0.3) is 5.91 Å². The van der Waals surface area contributed by atoms with Crippen molar-refractivity contribution in [3.63, 3.8) is 0 Å². The third-order valence-corrected chi connectivity index (χ3v) is 2.14. The van der Waals surface area contributed by atoms with Crippen molar-refractivity contribution in [3.8, 4) is 0 Å². The van der Waals surface area contributed by atoms with Crippen LogP contribution in [-0.4, -0.2) is 21.1 Å². The van der Waals surface area contributed by atoms with E-state index >= 15 is 0 Å². The van der Waals surface area contributed by atoms with Gasteiger partial charge in [0.05, 0.1) is 0 Å². The van der Waals surface area contributed by atoms with Crippen molar-refractivity contribution in [1.82, 2.24) is 15.2 Å². The van der Waals surface area contributed by atoms with Gasteiger partial charge in [-0.2, -0.15) is 0 Å². The molecule has 1 aromatic carbocycles. The number of nitrogens with one attached hydrogen (secondary N) is 2. The first-order valence-electron chi connectivity index (χ1n) is 4.59. The van der Waals surface area contributed by atoms with Gasteiger partial charge >= 0.3 is 0 Å². The highest BCUT2D eigenvalue weighted by molar-refractivity contribution is 6.31. The van der Waals surface area contributed by atoms with Crippen molar-refractivity contribution in [2.45, 2.75) is 6.92 Å². The molecular weight excluding hydrogens is 228 g/mol. The first kappa shape index (κ1) is 10.6. The molecule has 2 rings (SSSR count). The van der Waals surface area contributed by atoms with E-state index in [4.69, 9.17) is 11.6 Å². The number of halogens is 1. The van der Waals surface area contributed by atoms with E-state index in [0.717, 1.165) is 5.56 Å². The summed E-state index contributed by atoms with van der Waals surface area (Å²) in [5.41, 5.74) is 1.59. The maximum atomic E-state index is 11.6. The van der Waals surface area contributed by atoms with Gasteiger partial charge in [-0.05, 0) is 30.7 Å². The molecule has 0 aliphatic carbocycles. The highest BCUT2D eigenvalue weighted by Gasteiger charge is 2.09. The van der Waals surface area contributed by atoms with Gasteiger partial charge in [-0.25, -0.2) is 4.98 Å². The van der Waals surface area contributed by atoms with Crippen LogP contribution in [0.3, 0.4) is 0 Å². The summed E-state index contributed by atoms with van der Waals surface area (Å²) in [6.07, 6.45) is 1.35. The fourth-order valence-corrected chi connectivity index (χ4v) is 1.60. The normalized spacial score (nSPS) is 10.1. The third-order valence-electron chi connectivity index (χ3n) is 1.92. The second kappa shape index (κ2) is 4.32. The molecule has 0 saturated carbocycles. The van der Waals surface area contributed by atoms with Crippen LogP contribution in [0.25, 0.3) is 0 Å². The van der Waals surface area contributed by atoms with Crippen molar-refractivity contribution >= 4 is 23.2 Å². The van der Waals surface area contributed by atoms with Crippen molar-refractivity contribution in [3.05, 3.63) is 40.9 Å². The zero-order valence-corrected chi connectivity index (χ0v) is 9.25. The molecule has 0 atom stereocenters. The molecule has 0 unspecified atom stereocenters. The predicted octanol–water partition coefficient (Wildman–Crippen LogP) is 2.02. The first-order chi connectivity index (χ1) is 7.65. The van der Waals surface area contributed by atoms with Gasteiger partial charge in [-0.1, -0.05) is 11.6 Å². The maximum Gasteiger partial charge on any atom is 0.295 e. The number of amides is 1. The van der Waals surface area contributed by atoms with Crippen LogP contribution >= 0.6 is 11.6 Å². The number of carbonyl (C=O) groups excluding carboxylic acids is 1. The molecular formula is C10H9ClN4O. The summed E-state index contributed by atoms with van der Waals surface area (Å²) >= 11 is 5.87. The second-order valence-electron chi connectivity index (χ2n) is 3.29. The number of anilines is 1. The van der Waals surface area contributed by atoms with E-state index < -0.39 is 0 Å².